The molecule has 28 heavy (non-hydrogen) atoms. The molecule has 0 radical (unpaired) electrons. The zero-order chi connectivity index (χ0) is 19.3. The summed E-state index contributed by atoms with van der Waals surface area (Å²) < 4.78 is 42.1. The molecule has 3 heterocycles. The number of hydrogen-bond donors (Lipinski definition) is 0. The van der Waals surface area contributed by atoms with Crippen molar-refractivity contribution >= 4 is 21.4 Å². The van der Waals surface area contributed by atoms with Crippen LogP contribution in [0.25, 0.3) is 5.65 Å². The Morgan fingerprint density at radius 3 is 2.54 bits per heavy atom. The van der Waals surface area contributed by atoms with Crippen LogP contribution in [0.5, 0.6) is 0 Å². The van der Waals surface area contributed by atoms with E-state index in [1.54, 1.807) is 10.7 Å². The molecule has 2 fully saturated rings. The molecule has 1 aliphatic heterocycles. The number of aromatic nitrogens is 4. The Labute approximate surface area is 161 Å². The number of anilines is 1. The molecule has 0 N–H and O–H groups in total. The Morgan fingerprint density at radius 1 is 1.04 bits per heavy atom. The molecule has 1 aromatic carbocycles. The molecule has 3 aromatic rings. The zero-order valence-electron chi connectivity index (χ0n) is 15.1. The van der Waals surface area contributed by atoms with E-state index in [0.717, 1.165) is 30.4 Å². The van der Waals surface area contributed by atoms with Gasteiger partial charge in [-0.3, -0.25) is 0 Å². The van der Waals surface area contributed by atoms with Crippen molar-refractivity contribution in [1.82, 2.24) is 24.1 Å². The first-order chi connectivity index (χ1) is 13.5. The summed E-state index contributed by atoms with van der Waals surface area (Å²) in [5.74, 6) is 0.815. The minimum Gasteiger partial charge on any atom is -0.367 e. The van der Waals surface area contributed by atoms with E-state index in [9.17, 15) is 12.8 Å². The highest BCUT2D eigenvalue weighted by Crippen LogP contribution is 2.38. The van der Waals surface area contributed by atoms with Crippen LogP contribution in [0.15, 0.2) is 41.4 Å². The maximum absolute atomic E-state index is 13.4. The minimum atomic E-state index is -3.70. The largest absolute Gasteiger partial charge is 0.367 e. The van der Waals surface area contributed by atoms with E-state index in [0.29, 0.717) is 37.7 Å². The summed E-state index contributed by atoms with van der Waals surface area (Å²) in [6.07, 6.45) is 4.04. The van der Waals surface area contributed by atoms with Crippen LogP contribution in [0.4, 0.5) is 10.1 Å². The second-order valence-electron chi connectivity index (χ2n) is 7.16. The predicted octanol–water partition coefficient (Wildman–Crippen LogP) is 1.65. The fraction of sp³-hybridized carbons (Fsp3) is 0.389. The molecule has 10 heteroatoms. The molecule has 146 valence electrons. The van der Waals surface area contributed by atoms with Crippen molar-refractivity contribution < 1.29 is 12.8 Å². The fourth-order valence-corrected chi connectivity index (χ4v) is 4.99. The first-order valence-corrected chi connectivity index (χ1v) is 10.7. The molecule has 2 aromatic heterocycles. The lowest BCUT2D eigenvalue weighted by atomic mass is 10.3. The first-order valence-electron chi connectivity index (χ1n) is 9.24. The number of benzene rings is 1. The van der Waals surface area contributed by atoms with Crippen LogP contribution >= 0.6 is 0 Å². The summed E-state index contributed by atoms with van der Waals surface area (Å²) in [5, 5.41) is 12.9. The van der Waals surface area contributed by atoms with Gasteiger partial charge in [-0.2, -0.15) is 13.9 Å². The van der Waals surface area contributed by atoms with Crippen molar-refractivity contribution in [2.45, 2.75) is 23.7 Å². The third-order valence-corrected chi connectivity index (χ3v) is 7.15. The van der Waals surface area contributed by atoms with Crippen molar-refractivity contribution in [3.8, 4) is 0 Å². The van der Waals surface area contributed by atoms with Crippen molar-refractivity contribution in [2.75, 3.05) is 31.1 Å². The standard InChI is InChI=1S/C18H19FN6O2S/c19-14-2-1-3-16(10-14)28(26,27)24-8-6-23(7-9-24)15-11-17-21-22-18(13-4-5-13)25(17)20-12-15/h1-3,10-13H,4-9H2. The second-order valence-corrected chi connectivity index (χ2v) is 9.10. The van der Waals surface area contributed by atoms with Crippen LogP contribution < -0.4 is 4.90 Å². The van der Waals surface area contributed by atoms with E-state index in [2.05, 4.69) is 20.2 Å². The molecule has 1 aliphatic carbocycles. The number of hydrogen-bond acceptors (Lipinski definition) is 6. The number of fused-ring (bicyclic) bond motifs is 1. The molecule has 0 unspecified atom stereocenters. The molecule has 1 saturated carbocycles. The minimum absolute atomic E-state index is 0.0138. The number of nitrogens with zero attached hydrogens (tertiary/aromatic N) is 6. The van der Waals surface area contributed by atoms with Crippen LogP contribution in [0.1, 0.15) is 24.6 Å². The van der Waals surface area contributed by atoms with Gasteiger partial charge in [0.2, 0.25) is 10.0 Å². The van der Waals surface area contributed by atoms with Gasteiger partial charge < -0.3 is 4.90 Å². The van der Waals surface area contributed by atoms with Gasteiger partial charge >= 0.3 is 0 Å². The van der Waals surface area contributed by atoms with Crippen molar-refractivity contribution in [3.63, 3.8) is 0 Å². The molecule has 1 saturated heterocycles. The number of sulfonamides is 1. The van der Waals surface area contributed by atoms with Gasteiger partial charge in [-0.1, -0.05) is 6.07 Å². The Morgan fingerprint density at radius 2 is 1.82 bits per heavy atom. The highest BCUT2D eigenvalue weighted by atomic mass is 32.2. The van der Waals surface area contributed by atoms with Gasteiger partial charge in [-0.25, -0.2) is 12.8 Å². The summed E-state index contributed by atoms with van der Waals surface area (Å²) in [4.78, 5) is 2.07. The summed E-state index contributed by atoms with van der Waals surface area (Å²) in [7, 11) is -3.70. The summed E-state index contributed by atoms with van der Waals surface area (Å²) in [6, 6.07) is 7.06. The van der Waals surface area contributed by atoms with E-state index in [1.807, 2.05) is 6.07 Å². The highest BCUT2D eigenvalue weighted by molar-refractivity contribution is 7.89. The summed E-state index contributed by atoms with van der Waals surface area (Å²) >= 11 is 0. The maximum atomic E-state index is 13.4. The number of piperazine rings is 1. The van der Waals surface area contributed by atoms with Gasteiger partial charge in [0, 0.05) is 38.2 Å². The fourth-order valence-electron chi connectivity index (χ4n) is 3.53. The predicted molar refractivity (Wildman–Crippen MR) is 100 cm³/mol. The Kier molecular flexibility index (Phi) is 4.06. The topological polar surface area (TPSA) is 83.7 Å². The lowest BCUT2D eigenvalue weighted by molar-refractivity contribution is 0.384. The third-order valence-electron chi connectivity index (χ3n) is 5.25. The maximum Gasteiger partial charge on any atom is 0.243 e. The Hall–Kier alpha value is -2.59. The molecular formula is C18H19FN6O2S. The van der Waals surface area contributed by atoms with E-state index in [1.165, 1.54) is 22.5 Å². The van der Waals surface area contributed by atoms with Crippen LogP contribution in [0.2, 0.25) is 0 Å². The summed E-state index contributed by atoms with van der Waals surface area (Å²) in [5.41, 5.74) is 1.60. The average Bonchev–Trinajstić information content (AvgIpc) is 3.47. The molecule has 0 amide bonds. The van der Waals surface area contributed by atoms with Crippen LogP contribution in [-0.2, 0) is 10.0 Å². The van der Waals surface area contributed by atoms with E-state index in [4.69, 9.17) is 0 Å². The zero-order valence-corrected chi connectivity index (χ0v) is 15.9. The van der Waals surface area contributed by atoms with E-state index in [-0.39, 0.29) is 4.90 Å². The normalized spacial score (nSPS) is 18.7. The molecule has 0 spiro atoms. The van der Waals surface area contributed by atoms with Crippen molar-refractivity contribution in [3.05, 3.63) is 48.2 Å². The van der Waals surface area contributed by atoms with Gasteiger partial charge in [0.1, 0.15) is 5.82 Å². The van der Waals surface area contributed by atoms with Gasteiger partial charge in [0.25, 0.3) is 0 Å². The van der Waals surface area contributed by atoms with Crippen LogP contribution in [0.3, 0.4) is 0 Å². The van der Waals surface area contributed by atoms with E-state index < -0.39 is 15.8 Å². The second kappa shape index (κ2) is 6.49. The third kappa shape index (κ3) is 3.02. The molecule has 0 bridgehead atoms. The molecule has 5 rings (SSSR count). The van der Waals surface area contributed by atoms with Crippen molar-refractivity contribution in [2.24, 2.45) is 0 Å². The quantitative estimate of drug-likeness (QED) is 0.660. The lowest BCUT2D eigenvalue weighted by Crippen LogP contribution is -2.48. The Balaban J connectivity index is 1.32. The molecular weight excluding hydrogens is 383 g/mol. The SMILES string of the molecule is O=S(=O)(c1cccc(F)c1)N1CCN(c2cnn3c(C4CC4)nnc3c2)CC1. The Bertz CT molecular complexity index is 1140. The van der Waals surface area contributed by atoms with Crippen LogP contribution in [0, 0.1) is 5.82 Å². The van der Waals surface area contributed by atoms with Gasteiger partial charge in [-0.15, -0.1) is 10.2 Å². The monoisotopic (exact) mass is 402 g/mol. The van der Waals surface area contributed by atoms with Gasteiger partial charge in [0.15, 0.2) is 11.5 Å². The summed E-state index contributed by atoms with van der Waals surface area (Å²) in [6.45, 7) is 1.69. The molecule has 8 nitrogen and oxygen atoms in total. The van der Waals surface area contributed by atoms with Crippen LogP contribution in [-0.4, -0.2) is 58.7 Å². The van der Waals surface area contributed by atoms with Crippen molar-refractivity contribution in [1.29, 1.82) is 0 Å². The average molecular weight is 402 g/mol. The number of rotatable bonds is 4. The first kappa shape index (κ1) is 17.5. The lowest BCUT2D eigenvalue weighted by Gasteiger charge is -2.35. The number of halogens is 1. The van der Waals surface area contributed by atoms with Gasteiger partial charge in [0.05, 0.1) is 16.8 Å². The highest BCUT2D eigenvalue weighted by Gasteiger charge is 2.31. The van der Waals surface area contributed by atoms with E-state index >= 15 is 0 Å². The molecule has 2 aliphatic rings. The van der Waals surface area contributed by atoms with Gasteiger partial charge in [-0.05, 0) is 31.0 Å². The smallest absolute Gasteiger partial charge is 0.243 e. The molecule has 0 atom stereocenters.